The van der Waals surface area contributed by atoms with E-state index in [4.69, 9.17) is 4.74 Å². The van der Waals surface area contributed by atoms with E-state index >= 15 is 0 Å². The topological polar surface area (TPSA) is 92.7 Å². The summed E-state index contributed by atoms with van der Waals surface area (Å²) >= 11 is 0. The predicted octanol–water partition coefficient (Wildman–Crippen LogP) is 0.877. The average molecular weight is 277 g/mol. The van der Waals surface area contributed by atoms with E-state index < -0.39 is 34.0 Å². The molecule has 0 saturated carbocycles. The highest BCUT2D eigenvalue weighted by molar-refractivity contribution is 7.85. The molecule has 2 N–H and O–H groups in total. The zero-order valence-corrected chi connectivity index (χ0v) is 11.6. The van der Waals surface area contributed by atoms with Gasteiger partial charge in [0.05, 0.1) is 0 Å². The molecule has 0 unspecified atom stereocenters. The normalized spacial score (nSPS) is 28.5. The lowest BCUT2D eigenvalue weighted by Crippen LogP contribution is -2.58. The number of hydrogen-bond donors (Lipinski definition) is 2. The van der Waals surface area contributed by atoms with Crippen molar-refractivity contribution in [3.8, 4) is 0 Å². The van der Waals surface area contributed by atoms with E-state index in [1.807, 2.05) is 0 Å². The Morgan fingerprint density at radius 2 is 1.78 bits per heavy atom. The summed E-state index contributed by atoms with van der Waals surface area (Å²) in [7, 11) is -0.993. The first kappa shape index (κ1) is 14.9. The number of carbonyl (C=O) groups excluding carboxylic acids is 1. The first-order chi connectivity index (χ1) is 8.15. The molecular weight excluding hydrogens is 258 g/mol. The van der Waals surface area contributed by atoms with Crippen LogP contribution in [0.4, 0.5) is 4.79 Å². The van der Waals surface area contributed by atoms with Gasteiger partial charge < -0.3 is 15.2 Å². The van der Waals surface area contributed by atoms with Crippen LogP contribution >= 0.6 is 0 Å². The molecule has 1 rings (SSSR count). The molecule has 18 heavy (non-hydrogen) atoms. The lowest BCUT2D eigenvalue weighted by atomic mass is 9.92. The molecule has 1 amide bonds. The van der Waals surface area contributed by atoms with E-state index in [0.717, 1.165) is 0 Å². The summed E-state index contributed by atoms with van der Waals surface area (Å²) in [5.41, 5.74) is -2.03. The molecule has 0 atom stereocenters. The summed E-state index contributed by atoms with van der Waals surface area (Å²) in [6.07, 6.45) is -0.430. The molecule has 0 aromatic rings. The van der Waals surface area contributed by atoms with Gasteiger partial charge in [-0.2, -0.15) is 0 Å². The van der Waals surface area contributed by atoms with Gasteiger partial charge in [-0.3, -0.25) is 4.21 Å². The molecule has 1 saturated heterocycles. The third-order valence-corrected chi connectivity index (χ3v) is 3.98. The second-order valence-corrected chi connectivity index (χ2v) is 7.06. The Hall–Kier alpha value is -1.11. The van der Waals surface area contributed by atoms with E-state index in [2.05, 4.69) is 5.32 Å². The number of carbonyl (C=O) groups is 2. The standard InChI is InChI=1S/C11H19NO5S/c1-10(2,3)17-9(15)12-11(8(13)14)4-6-18(16)7-5-11/h4-7H2,1-3H3,(H,12,15)(H,13,14). The molecular formula is C11H19NO5S. The van der Waals surface area contributed by atoms with E-state index in [9.17, 15) is 18.9 Å². The highest BCUT2D eigenvalue weighted by atomic mass is 32.2. The minimum Gasteiger partial charge on any atom is -0.480 e. The Morgan fingerprint density at radius 3 is 2.17 bits per heavy atom. The number of carboxylic acids is 1. The lowest BCUT2D eigenvalue weighted by Gasteiger charge is -2.34. The quantitative estimate of drug-likeness (QED) is 0.781. The van der Waals surface area contributed by atoms with Crippen molar-refractivity contribution in [2.24, 2.45) is 0 Å². The number of alkyl carbamates (subject to hydrolysis) is 1. The monoisotopic (exact) mass is 277 g/mol. The fourth-order valence-electron chi connectivity index (χ4n) is 1.69. The van der Waals surface area contributed by atoms with E-state index in [1.54, 1.807) is 20.8 Å². The third-order valence-electron chi connectivity index (χ3n) is 2.66. The summed E-state index contributed by atoms with van der Waals surface area (Å²) in [5.74, 6) is -0.547. The van der Waals surface area contributed by atoms with Gasteiger partial charge in [-0.05, 0) is 33.6 Å². The van der Waals surface area contributed by atoms with Crippen molar-refractivity contribution in [1.82, 2.24) is 5.32 Å². The molecule has 1 aliphatic rings. The van der Waals surface area contributed by atoms with Gasteiger partial charge in [0.15, 0.2) is 0 Å². The molecule has 7 heteroatoms. The largest absolute Gasteiger partial charge is 0.480 e. The highest BCUT2D eigenvalue weighted by Gasteiger charge is 2.43. The molecule has 0 aromatic carbocycles. The zero-order valence-electron chi connectivity index (χ0n) is 10.8. The molecule has 0 aromatic heterocycles. The van der Waals surface area contributed by atoms with Crippen LogP contribution in [0.1, 0.15) is 33.6 Å². The van der Waals surface area contributed by atoms with Crippen molar-refractivity contribution in [3.63, 3.8) is 0 Å². The molecule has 0 bridgehead atoms. The van der Waals surface area contributed by atoms with Crippen LogP contribution in [0.15, 0.2) is 0 Å². The molecule has 0 radical (unpaired) electrons. The Labute approximate surface area is 109 Å². The van der Waals surface area contributed by atoms with Crippen molar-refractivity contribution < 1.29 is 23.6 Å². The maximum Gasteiger partial charge on any atom is 0.408 e. The second kappa shape index (κ2) is 5.26. The molecule has 6 nitrogen and oxygen atoms in total. The summed E-state index contributed by atoms with van der Waals surface area (Å²) in [4.78, 5) is 23.0. The van der Waals surface area contributed by atoms with Gasteiger partial charge >= 0.3 is 12.1 Å². The fourth-order valence-corrected chi connectivity index (χ4v) is 3.05. The summed E-state index contributed by atoms with van der Waals surface area (Å²) in [5, 5.41) is 11.7. The molecule has 1 heterocycles. The fraction of sp³-hybridized carbons (Fsp3) is 0.818. The zero-order chi connectivity index (χ0) is 14.0. The van der Waals surface area contributed by atoms with Crippen LogP contribution in [0, 0.1) is 0 Å². The van der Waals surface area contributed by atoms with Crippen LogP contribution < -0.4 is 5.32 Å². The van der Waals surface area contributed by atoms with Crippen molar-refractivity contribution in [2.75, 3.05) is 11.5 Å². The SMILES string of the molecule is CC(C)(C)OC(=O)NC1(C(=O)O)CCS(=O)CC1. The molecule has 0 spiro atoms. The lowest BCUT2D eigenvalue weighted by molar-refractivity contribution is -0.145. The van der Waals surface area contributed by atoms with E-state index in [0.29, 0.717) is 0 Å². The van der Waals surface area contributed by atoms with Gasteiger partial charge in [0.2, 0.25) is 0 Å². The van der Waals surface area contributed by atoms with Gasteiger partial charge in [-0.15, -0.1) is 0 Å². The smallest absolute Gasteiger partial charge is 0.408 e. The number of amides is 1. The van der Waals surface area contributed by atoms with Crippen LogP contribution in [-0.4, -0.2) is 44.0 Å². The predicted molar refractivity (Wildman–Crippen MR) is 66.8 cm³/mol. The number of aliphatic carboxylic acids is 1. The van der Waals surface area contributed by atoms with Gasteiger partial charge in [0, 0.05) is 22.3 Å². The van der Waals surface area contributed by atoms with Crippen LogP contribution in [0.3, 0.4) is 0 Å². The molecule has 1 aliphatic heterocycles. The van der Waals surface area contributed by atoms with E-state index in [-0.39, 0.29) is 24.3 Å². The average Bonchev–Trinajstić information content (AvgIpc) is 2.18. The Morgan fingerprint density at radius 1 is 1.28 bits per heavy atom. The number of hydrogen-bond acceptors (Lipinski definition) is 4. The maximum atomic E-state index is 11.6. The Bertz CT molecular complexity index is 364. The number of carboxylic acid groups (broad SMARTS) is 1. The van der Waals surface area contributed by atoms with Crippen molar-refractivity contribution in [2.45, 2.75) is 44.8 Å². The Kier molecular flexibility index (Phi) is 4.37. The number of nitrogens with one attached hydrogen (secondary N) is 1. The van der Waals surface area contributed by atoms with Crippen molar-refractivity contribution in [3.05, 3.63) is 0 Å². The van der Waals surface area contributed by atoms with Crippen LogP contribution in [0.2, 0.25) is 0 Å². The number of ether oxygens (including phenoxy) is 1. The van der Waals surface area contributed by atoms with Crippen molar-refractivity contribution >= 4 is 22.9 Å². The van der Waals surface area contributed by atoms with Gasteiger partial charge in [0.25, 0.3) is 0 Å². The van der Waals surface area contributed by atoms with Gasteiger partial charge in [-0.1, -0.05) is 0 Å². The minimum absolute atomic E-state index is 0.161. The van der Waals surface area contributed by atoms with Crippen LogP contribution in [0.5, 0.6) is 0 Å². The summed E-state index contributed by atoms with van der Waals surface area (Å²) in [6.45, 7) is 5.11. The van der Waals surface area contributed by atoms with Crippen molar-refractivity contribution in [1.29, 1.82) is 0 Å². The second-order valence-electron chi connectivity index (χ2n) is 5.36. The molecule has 1 fully saturated rings. The van der Waals surface area contributed by atoms with Crippen LogP contribution in [-0.2, 0) is 20.3 Å². The minimum atomic E-state index is -1.35. The summed E-state index contributed by atoms with van der Waals surface area (Å²) in [6, 6.07) is 0. The van der Waals surface area contributed by atoms with Crippen LogP contribution in [0.25, 0.3) is 0 Å². The highest BCUT2D eigenvalue weighted by Crippen LogP contribution is 2.23. The first-order valence-corrected chi connectivity index (χ1v) is 7.23. The molecule has 104 valence electrons. The first-order valence-electron chi connectivity index (χ1n) is 5.74. The van der Waals surface area contributed by atoms with Gasteiger partial charge in [-0.25, -0.2) is 9.59 Å². The maximum absolute atomic E-state index is 11.6. The molecule has 0 aliphatic carbocycles. The summed E-state index contributed by atoms with van der Waals surface area (Å²) < 4.78 is 16.3. The number of rotatable bonds is 2. The Balaban J connectivity index is 2.72. The van der Waals surface area contributed by atoms with E-state index in [1.165, 1.54) is 0 Å². The third kappa shape index (κ3) is 3.97. The van der Waals surface area contributed by atoms with Gasteiger partial charge in [0.1, 0.15) is 11.1 Å².